The van der Waals surface area contributed by atoms with Gasteiger partial charge in [-0.15, -0.1) is 0 Å². The molecule has 16 heavy (non-hydrogen) atoms. The SMILES string of the molecule is CC(C)CC(CO)NS(=O)(=O)C1CCCC1. The predicted molar refractivity (Wildman–Crippen MR) is 64.6 cm³/mol. The maximum Gasteiger partial charge on any atom is 0.214 e. The molecule has 0 aromatic heterocycles. The van der Waals surface area contributed by atoms with E-state index in [9.17, 15) is 8.42 Å². The van der Waals surface area contributed by atoms with Gasteiger partial charge in [-0.3, -0.25) is 0 Å². The molecule has 1 atom stereocenters. The van der Waals surface area contributed by atoms with E-state index in [0.717, 1.165) is 25.7 Å². The van der Waals surface area contributed by atoms with E-state index < -0.39 is 10.0 Å². The summed E-state index contributed by atoms with van der Waals surface area (Å²) < 4.78 is 26.6. The lowest BCUT2D eigenvalue weighted by atomic mass is 10.1. The van der Waals surface area contributed by atoms with E-state index in [0.29, 0.717) is 12.3 Å². The Morgan fingerprint density at radius 2 is 1.88 bits per heavy atom. The van der Waals surface area contributed by atoms with E-state index in [4.69, 9.17) is 5.11 Å². The number of hydrogen-bond acceptors (Lipinski definition) is 3. The average molecular weight is 249 g/mol. The monoisotopic (exact) mass is 249 g/mol. The fourth-order valence-electron chi connectivity index (χ4n) is 2.26. The summed E-state index contributed by atoms with van der Waals surface area (Å²) in [6.45, 7) is 3.92. The first kappa shape index (κ1) is 13.9. The van der Waals surface area contributed by atoms with Gasteiger partial charge in [-0.25, -0.2) is 13.1 Å². The van der Waals surface area contributed by atoms with Crippen molar-refractivity contribution < 1.29 is 13.5 Å². The van der Waals surface area contributed by atoms with Crippen LogP contribution in [0.3, 0.4) is 0 Å². The Hall–Kier alpha value is -0.130. The highest BCUT2D eigenvalue weighted by atomic mass is 32.2. The molecule has 0 aromatic carbocycles. The first-order valence-electron chi connectivity index (χ1n) is 6.07. The molecule has 0 bridgehead atoms. The lowest BCUT2D eigenvalue weighted by molar-refractivity contribution is 0.239. The van der Waals surface area contributed by atoms with Gasteiger partial charge < -0.3 is 5.11 Å². The van der Waals surface area contributed by atoms with Crippen molar-refractivity contribution in [2.45, 2.75) is 57.2 Å². The Morgan fingerprint density at radius 3 is 2.31 bits per heavy atom. The third kappa shape index (κ3) is 4.03. The molecular weight excluding hydrogens is 226 g/mol. The van der Waals surface area contributed by atoms with Crippen molar-refractivity contribution in [1.82, 2.24) is 4.72 Å². The van der Waals surface area contributed by atoms with Crippen LogP contribution in [0.4, 0.5) is 0 Å². The van der Waals surface area contributed by atoms with Crippen molar-refractivity contribution in [3.05, 3.63) is 0 Å². The topological polar surface area (TPSA) is 66.4 Å². The number of hydrogen-bond donors (Lipinski definition) is 2. The van der Waals surface area contributed by atoms with Gasteiger partial charge in [-0.2, -0.15) is 0 Å². The summed E-state index contributed by atoms with van der Waals surface area (Å²) in [6.07, 6.45) is 4.20. The van der Waals surface area contributed by atoms with Crippen LogP contribution in [0.5, 0.6) is 0 Å². The summed E-state index contributed by atoms with van der Waals surface area (Å²) >= 11 is 0. The fourth-order valence-corrected chi connectivity index (χ4v) is 4.04. The fraction of sp³-hybridized carbons (Fsp3) is 1.00. The molecule has 1 unspecified atom stereocenters. The molecule has 0 heterocycles. The molecule has 0 saturated heterocycles. The second kappa shape index (κ2) is 5.98. The Kier molecular flexibility index (Phi) is 5.21. The van der Waals surface area contributed by atoms with Crippen molar-refractivity contribution in [3.63, 3.8) is 0 Å². The van der Waals surface area contributed by atoms with E-state index in [1.54, 1.807) is 0 Å². The van der Waals surface area contributed by atoms with Gasteiger partial charge in [0.25, 0.3) is 0 Å². The largest absolute Gasteiger partial charge is 0.395 e. The molecule has 2 N–H and O–H groups in total. The van der Waals surface area contributed by atoms with Crippen LogP contribution in [0.15, 0.2) is 0 Å². The van der Waals surface area contributed by atoms with Gasteiger partial charge in [0.2, 0.25) is 10.0 Å². The Bertz CT molecular complexity index is 294. The van der Waals surface area contributed by atoms with Crippen molar-refractivity contribution in [1.29, 1.82) is 0 Å². The van der Waals surface area contributed by atoms with Crippen LogP contribution in [0, 0.1) is 5.92 Å². The molecular formula is C11H23NO3S. The van der Waals surface area contributed by atoms with Crippen LogP contribution in [0.2, 0.25) is 0 Å². The van der Waals surface area contributed by atoms with Crippen LogP contribution in [0.25, 0.3) is 0 Å². The number of rotatable bonds is 6. The molecule has 4 nitrogen and oxygen atoms in total. The van der Waals surface area contributed by atoms with Crippen LogP contribution in [0.1, 0.15) is 46.0 Å². The van der Waals surface area contributed by atoms with Crippen molar-refractivity contribution in [3.8, 4) is 0 Å². The highest BCUT2D eigenvalue weighted by Crippen LogP contribution is 2.24. The smallest absolute Gasteiger partial charge is 0.214 e. The van der Waals surface area contributed by atoms with Crippen molar-refractivity contribution in [2.24, 2.45) is 5.92 Å². The molecule has 1 aliphatic carbocycles. The van der Waals surface area contributed by atoms with E-state index in [1.807, 2.05) is 13.8 Å². The number of aliphatic hydroxyl groups is 1. The first-order chi connectivity index (χ1) is 7.45. The summed E-state index contributed by atoms with van der Waals surface area (Å²) in [5.41, 5.74) is 0. The second-order valence-corrected chi connectivity index (χ2v) is 7.07. The number of aliphatic hydroxyl groups excluding tert-OH is 1. The molecule has 0 spiro atoms. The maximum absolute atomic E-state index is 12.0. The van der Waals surface area contributed by atoms with Gasteiger partial charge in [-0.1, -0.05) is 26.7 Å². The predicted octanol–water partition coefficient (Wildman–Crippen LogP) is 1.26. The summed E-state index contributed by atoms with van der Waals surface area (Å²) in [5, 5.41) is 8.91. The lowest BCUT2D eigenvalue weighted by Crippen LogP contribution is -2.42. The van der Waals surface area contributed by atoms with Gasteiger partial charge in [0, 0.05) is 6.04 Å². The van der Waals surface area contributed by atoms with Gasteiger partial charge in [0.15, 0.2) is 0 Å². The standard InChI is InChI=1S/C11H23NO3S/c1-9(2)7-10(8-13)12-16(14,15)11-5-3-4-6-11/h9-13H,3-8H2,1-2H3. The molecule has 1 aliphatic rings. The zero-order valence-corrected chi connectivity index (χ0v) is 11.0. The highest BCUT2D eigenvalue weighted by Gasteiger charge is 2.30. The highest BCUT2D eigenvalue weighted by molar-refractivity contribution is 7.90. The summed E-state index contributed by atoms with van der Waals surface area (Å²) in [5.74, 6) is 0.378. The molecule has 1 saturated carbocycles. The molecule has 1 rings (SSSR count). The molecule has 5 heteroatoms. The van der Waals surface area contributed by atoms with Crippen LogP contribution >= 0.6 is 0 Å². The molecule has 96 valence electrons. The Balaban J connectivity index is 2.55. The van der Waals surface area contributed by atoms with Crippen LogP contribution < -0.4 is 4.72 Å². The quantitative estimate of drug-likeness (QED) is 0.744. The third-order valence-corrected chi connectivity index (χ3v) is 5.06. The Labute approximate surface area is 98.5 Å². The van der Waals surface area contributed by atoms with Crippen molar-refractivity contribution >= 4 is 10.0 Å². The minimum atomic E-state index is -3.23. The van der Waals surface area contributed by atoms with Gasteiger partial charge in [0.1, 0.15) is 0 Å². The average Bonchev–Trinajstić information content (AvgIpc) is 2.68. The van der Waals surface area contributed by atoms with Gasteiger partial charge in [0.05, 0.1) is 11.9 Å². The first-order valence-corrected chi connectivity index (χ1v) is 7.62. The molecule has 0 amide bonds. The minimum Gasteiger partial charge on any atom is -0.395 e. The van der Waals surface area contributed by atoms with Crippen molar-refractivity contribution in [2.75, 3.05) is 6.61 Å². The normalized spacial score (nSPS) is 20.5. The number of nitrogens with one attached hydrogen (secondary N) is 1. The van der Waals surface area contributed by atoms with E-state index in [-0.39, 0.29) is 17.9 Å². The molecule has 0 radical (unpaired) electrons. The number of sulfonamides is 1. The van der Waals surface area contributed by atoms with Gasteiger partial charge in [-0.05, 0) is 25.2 Å². The zero-order valence-electron chi connectivity index (χ0n) is 10.1. The van der Waals surface area contributed by atoms with Gasteiger partial charge >= 0.3 is 0 Å². The molecule has 0 aromatic rings. The minimum absolute atomic E-state index is 0.121. The van der Waals surface area contributed by atoms with E-state index >= 15 is 0 Å². The molecule has 0 aliphatic heterocycles. The van der Waals surface area contributed by atoms with E-state index in [2.05, 4.69) is 4.72 Å². The summed E-state index contributed by atoms with van der Waals surface area (Å²) in [4.78, 5) is 0. The zero-order chi connectivity index (χ0) is 12.2. The van der Waals surface area contributed by atoms with Crippen LogP contribution in [-0.4, -0.2) is 31.4 Å². The van der Waals surface area contributed by atoms with E-state index in [1.165, 1.54) is 0 Å². The molecule has 1 fully saturated rings. The summed E-state index contributed by atoms with van der Waals surface area (Å²) in [7, 11) is -3.23. The summed E-state index contributed by atoms with van der Waals surface area (Å²) in [6, 6.07) is -0.328. The van der Waals surface area contributed by atoms with Crippen LogP contribution in [-0.2, 0) is 10.0 Å². The Morgan fingerprint density at radius 1 is 1.31 bits per heavy atom. The second-order valence-electron chi connectivity index (χ2n) is 5.08. The lowest BCUT2D eigenvalue weighted by Gasteiger charge is -2.20. The maximum atomic E-state index is 12.0. The third-order valence-electron chi connectivity index (χ3n) is 3.05.